The van der Waals surface area contributed by atoms with Crippen molar-refractivity contribution in [1.29, 1.82) is 0 Å². The van der Waals surface area contributed by atoms with E-state index in [2.05, 4.69) is 10.1 Å². The third-order valence-electron chi connectivity index (χ3n) is 3.04. The minimum Gasteiger partial charge on any atom is -0.479 e. The molecule has 22 heavy (non-hydrogen) atoms. The molecule has 4 N–H and O–H groups in total. The van der Waals surface area contributed by atoms with Gasteiger partial charge in [0, 0.05) is 0 Å². The third-order valence-corrected chi connectivity index (χ3v) is 3.04. The van der Waals surface area contributed by atoms with Crippen molar-refractivity contribution in [2.75, 3.05) is 19.8 Å². The van der Waals surface area contributed by atoms with Crippen molar-refractivity contribution >= 4 is 18.0 Å². The number of unbranched alkanes of at least 4 members (excludes halogenated alkanes) is 2. The summed E-state index contributed by atoms with van der Waals surface area (Å²) >= 11 is 0. The molecule has 0 fully saturated rings. The number of carboxylic acid groups (broad SMARTS) is 1. The Balaban J connectivity index is 5.13. The number of hydrogen-bond acceptors (Lipinski definition) is 6. The molecular formula is C14H26N2O6. The Kier molecular flexibility index (Phi) is 9.93. The zero-order valence-electron chi connectivity index (χ0n) is 13.2. The second-order valence-electron chi connectivity index (χ2n) is 4.79. The smallest absolute Gasteiger partial charge is 0.408 e. The fraction of sp³-hybridized carbons (Fsp3) is 0.786. The van der Waals surface area contributed by atoms with Gasteiger partial charge in [0.25, 0.3) is 0 Å². The van der Waals surface area contributed by atoms with Crippen LogP contribution in [0.5, 0.6) is 0 Å². The van der Waals surface area contributed by atoms with Gasteiger partial charge in [-0.25, -0.2) is 14.4 Å². The third kappa shape index (κ3) is 6.30. The van der Waals surface area contributed by atoms with E-state index in [-0.39, 0.29) is 19.6 Å². The Hall–Kier alpha value is -1.83. The van der Waals surface area contributed by atoms with E-state index in [0.29, 0.717) is 25.8 Å². The molecule has 0 spiro atoms. The van der Waals surface area contributed by atoms with Gasteiger partial charge in [0.15, 0.2) is 0 Å². The number of nitrogens with two attached hydrogens (primary N) is 1. The van der Waals surface area contributed by atoms with Crippen molar-refractivity contribution in [3.63, 3.8) is 0 Å². The summed E-state index contributed by atoms with van der Waals surface area (Å²) in [6, 6.07) is 0. The fourth-order valence-electron chi connectivity index (χ4n) is 1.77. The standard InChI is InChI=1S/C14H26N2O6/c1-3-5-10-22-12(19)14(11(17)18,8-6-7-9-15)16-13(20)21-4-2/h3-10,15H2,1-2H3,(H,16,20)(H,17,18)/t14-/m0/s1. The zero-order chi connectivity index (χ0) is 17.0. The summed E-state index contributed by atoms with van der Waals surface area (Å²) in [4.78, 5) is 35.4. The van der Waals surface area contributed by atoms with E-state index < -0.39 is 23.6 Å². The van der Waals surface area contributed by atoms with Crippen LogP contribution in [0.1, 0.15) is 46.0 Å². The summed E-state index contributed by atoms with van der Waals surface area (Å²) in [5.41, 5.74) is 3.24. The van der Waals surface area contributed by atoms with Gasteiger partial charge in [-0.3, -0.25) is 5.32 Å². The molecule has 8 heteroatoms. The number of rotatable bonds is 11. The number of aliphatic carboxylic acids is 1. The maximum Gasteiger partial charge on any atom is 0.408 e. The molecule has 0 aromatic rings. The van der Waals surface area contributed by atoms with Crippen LogP contribution in [0.3, 0.4) is 0 Å². The monoisotopic (exact) mass is 318 g/mol. The molecule has 8 nitrogen and oxygen atoms in total. The molecule has 0 aromatic carbocycles. The van der Waals surface area contributed by atoms with Gasteiger partial charge >= 0.3 is 18.0 Å². The van der Waals surface area contributed by atoms with Gasteiger partial charge in [-0.1, -0.05) is 13.3 Å². The largest absolute Gasteiger partial charge is 0.479 e. The number of carbonyl (C=O) groups is 3. The van der Waals surface area contributed by atoms with Gasteiger partial charge in [0.05, 0.1) is 13.2 Å². The summed E-state index contributed by atoms with van der Waals surface area (Å²) in [7, 11) is 0. The maximum absolute atomic E-state index is 12.2. The number of esters is 1. The van der Waals surface area contributed by atoms with Gasteiger partial charge < -0.3 is 20.3 Å². The quantitative estimate of drug-likeness (QED) is 0.295. The Morgan fingerprint density at radius 3 is 2.32 bits per heavy atom. The van der Waals surface area contributed by atoms with Crippen LogP contribution in [0.25, 0.3) is 0 Å². The lowest BCUT2D eigenvalue weighted by Gasteiger charge is -2.27. The Labute approximate surface area is 130 Å². The van der Waals surface area contributed by atoms with Gasteiger partial charge in [-0.2, -0.15) is 0 Å². The second-order valence-corrected chi connectivity index (χ2v) is 4.79. The average Bonchev–Trinajstić information content (AvgIpc) is 2.46. The molecule has 0 radical (unpaired) electrons. The normalized spacial score (nSPS) is 13.0. The predicted octanol–water partition coefficient (Wildman–Crippen LogP) is 1.03. The number of alkyl carbamates (subject to hydrolysis) is 1. The van der Waals surface area contributed by atoms with Crippen LogP contribution in [0.15, 0.2) is 0 Å². The molecule has 0 aliphatic heterocycles. The SMILES string of the molecule is CCCCOC(=O)[C@@](CCCCN)(NC(=O)OCC)C(=O)O. The van der Waals surface area contributed by atoms with Crippen molar-refractivity contribution in [2.45, 2.75) is 51.5 Å². The molecule has 0 saturated heterocycles. The molecule has 1 amide bonds. The molecule has 0 rings (SSSR count). The highest BCUT2D eigenvalue weighted by molar-refractivity contribution is 6.06. The first-order valence-corrected chi connectivity index (χ1v) is 7.50. The average molecular weight is 318 g/mol. The van der Waals surface area contributed by atoms with Crippen LogP contribution in [-0.4, -0.2) is 48.4 Å². The van der Waals surface area contributed by atoms with Gasteiger partial charge in [0.1, 0.15) is 0 Å². The molecule has 0 unspecified atom stereocenters. The summed E-state index contributed by atoms with van der Waals surface area (Å²) < 4.78 is 9.68. The van der Waals surface area contributed by atoms with Crippen molar-refractivity contribution in [3.05, 3.63) is 0 Å². The molecule has 0 aromatic heterocycles. The fourth-order valence-corrected chi connectivity index (χ4v) is 1.77. The summed E-state index contributed by atoms with van der Waals surface area (Å²) in [6.45, 7) is 4.02. The minimum absolute atomic E-state index is 0.0647. The first-order chi connectivity index (χ1) is 10.4. The number of nitrogens with one attached hydrogen (secondary N) is 1. The lowest BCUT2D eigenvalue weighted by molar-refractivity contribution is -0.163. The molecular weight excluding hydrogens is 292 g/mol. The Morgan fingerprint density at radius 1 is 1.14 bits per heavy atom. The first-order valence-electron chi connectivity index (χ1n) is 7.50. The lowest BCUT2D eigenvalue weighted by atomic mass is 9.92. The van der Waals surface area contributed by atoms with E-state index in [9.17, 15) is 19.5 Å². The maximum atomic E-state index is 12.2. The van der Waals surface area contributed by atoms with Crippen molar-refractivity contribution in [2.24, 2.45) is 5.73 Å². The van der Waals surface area contributed by atoms with Crippen LogP contribution in [0.2, 0.25) is 0 Å². The van der Waals surface area contributed by atoms with E-state index in [1.165, 1.54) is 0 Å². The predicted molar refractivity (Wildman–Crippen MR) is 79.3 cm³/mol. The van der Waals surface area contributed by atoms with E-state index in [1.807, 2.05) is 6.92 Å². The van der Waals surface area contributed by atoms with Crippen molar-refractivity contribution in [3.8, 4) is 0 Å². The van der Waals surface area contributed by atoms with Gasteiger partial charge in [-0.05, 0) is 39.2 Å². The Bertz CT molecular complexity index is 374. The van der Waals surface area contributed by atoms with E-state index in [4.69, 9.17) is 10.5 Å². The minimum atomic E-state index is -2.14. The molecule has 0 aliphatic carbocycles. The zero-order valence-corrected chi connectivity index (χ0v) is 13.2. The van der Waals surface area contributed by atoms with E-state index >= 15 is 0 Å². The Morgan fingerprint density at radius 2 is 1.82 bits per heavy atom. The highest BCUT2D eigenvalue weighted by Gasteiger charge is 2.49. The summed E-state index contributed by atoms with van der Waals surface area (Å²) in [5, 5.41) is 11.6. The highest BCUT2D eigenvalue weighted by atomic mass is 16.6. The van der Waals surface area contributed by atoms with Crippen LogP contribution >= 0.6 is 0 Å². The number of ether oxygens (including phenoxy) is 2. The van der Waals surface area contributed by atoms with Crippen molar-refractivity contribution in [1.82, 2.24) is 5.32 Å². The van der Waals surface area contributed by atoms with Crippen molar-refractivity contribution < 1.29 is 29.0 Å². The van der Waals surface area contributed by atoms with Gasteiger partial charge in [0.2, 0.25) is 5.54 Å². The van der Waals surface area contributed by atoms with E-state index in [0.717, 1.165) is 6.42 Å². The van der Waals surface area contributed by atoms with E-state index in [1.54, 1.807) is 6.92 Å². The van der Waals surface area contributed by atoms with Crippen LogP contribution in [0.4, 0.5) is 4.79 Å². The molecule has 0 heterocycles. The summed E-state index contributed by atoms with van der Waals surface area (Å²) in [5.74, 6) is -2.46. The molecule has 0 aliphatic rings. The molecule has 0 saturated carbocycles. The number of hydrogen-bond donors (Lipinski definition) is 3. The first kappa shape index (κ1) is 20.2. The van der Waals surface area contributed by atoms with Crippen LogP contribution in [0, 0.1) is 0 Å². The van der Waals surface area contributed by atoms with Crippen LogP contribution in [-0.2, 0) is 19.1 Å². The number of carbonyl (C=O) groups excluding carboxylic acids is 2. The molecule has 0 bridgehead atoms. The topological polar surface area (TPSA) is 128 Å². The molecule has 128 valence electrons. The second kappa shape index (κ2) is 10.8. The number of amides is 1. The lowest BCUT2D eigenvalue weighted by Crippen LogP contribution is -2.61. The highest BCUT2D eigenvalue weighted by Crippen LogP contribution is 2.18. The summed E-state index contributed by atoms with van der Waals surface area (Å²) in [6.07, 6.45) is 1.23. The molecule has 1 atom stereocenters. The van der Waals surface area contributed by atoms with Crippen LogP contribution < -0.4 is 11.1 Å². The number of carboxylic acids is 1. The van der Waals surface area contributed by atoms with Gasteiger partial charge in [-0.15, -0.1) is 0 Å².